The van der Waals surface area contributed by atoms with Gasteiger partial charge in [-0.15, -0.1) is 0 Å². The van der Waals surface area contributed by atoms with Crippen LogP contribution in [0.15, 0.2) is 30.3 Å². The van der Waals surface area contributed by atoms with Crippen LogP contribution in [-0.2, 0) is 19.2 Å². The number of hydrogen-bond donors (Lipinski definition) is 3. The number of benzene rings is 2. The monoisotopic (exact) mass is 557 g/mol. The molecule has 1 aliphatic heterocycles. The zero-order valence-electron chi connectivity index (χ0n) is 23.4. The molecular weight excluding hydrogens is 520 g/mol. The third-order valence-electron chi connectivity index (χ3n) is 7.32. The molecule has 0 unspecified atom stereocenters. The fraction of sp³-hybridized carbons (Fsp3) is 0.467. The molecule has 3 atom stereocenters. The van der Waals surface area contributed by atoms with Crippen molar-refractivity contribution in [1.29, 1.82) is 0 Å². The summed E-state index contributed by atoms with van der Waals surface area (Å²) in [5, 5.41) is 14.8. The molecular formula is C30H37F2N3O5. The molecule has 3 amide bonds. The van der Waals surface area contributed by atoms with Crippen molar-refractivity contribution in [3.05, 3.63) is 58.7 Å². The van der Waals surface area contributed by atoms with E-state index in [-0.39, 0.29) is 17.9 Å². The smallest absolute Gasteiger partial charge is 0.305 e. The minimum atomic E-state index is -1.40. The molecule has 8 nitrogen and oxygen atoms in total. The number of carbonyl (C=O) groups excluding carboxylic acids is 3. The zero-order chi connectivity index (χ0) is 29.6. The molecule has 1 fully saturated rings. The van der Waals surface area contributed by atoms with Crippen LogP contribution in [0.1, 0.15) is 75.1 Å². The lowest BCUT2D eigenvalue weighted by Gasteiger charge is -2.35. The van der Waals surface area contributed by atoms with Gasteiger partial charge in [0.1, 0.15) is 12.1 Å². The first-order valence-electron chi connectivity index (χ1n) is 13.6. The molecule has 40 heavy (non-hydrogen) atoms. The summed E-state index contributed by atoms with van der Waals surface area (Å²) >= 11 is 0. The van der Waals surface area contributed by atoms with Crippen molar-refractivity contribution >= 4 is 23.7 Å². The van der Waals surface area contributed by atoms with E-state index in [1.165, 1.54) is 17.9 Å². The first kappa shape index (κ1) is 30.7. The lowest BCUT2D eigenvalue weighted by atomic mass is 9.92. The van der Waals surface area contributed by atoms with Crippen molar-refractivity contribution in [1.82, 2.24) is 15.5 Å². The average Bonchev–Trinajstić information content (AvgIpc) is 2.89. The summed E-state index contributed by atoms with van der Waals surface area (Å²) in [5.41, 5.74) is 2.38. The third-order valence-corrected chi connectivity index (χ3v) is 7.32. The second-order valence-electron chi connectivity index (χ2n) is 10.4. The maximum Gasteiger partial charge on any atom is 0.305 e. The van der Waals surface area contributed by atoms with E-state index in [4.69, 9.17) is 0 Å². The van der Waals surface area contributed by atoms with Crippen LogP contribution in [0.4, 0.5) is 8.78 Å². The number of rotatable bonds is 10. The van der Waals surface area contributed by atoms with Crippen LogP contribution in [0.3, 0.4) is 0 Å². The van der Waals surface area contributed by atoms with Gasteiger partial charge in [0.15, 0.2) is 11.6 Å². The average molecular weight is 558 g/mol. The lowest BCUT2D eigenvalue weighted by molar-refractivity contribution is -0.142. The van der Waals surface area contributed by atoms with E-state index in [0.29, 0.717) is 30.5 Å². The number of carbonyl (C=O) groups is 4. The van der Waals surface area contributed by atoms with Crippen molar-refractivity contribution in [3.63, 3.8) is 0 Å². The quantitative estimate of drug-likeness (QED) is 0.396. The second-order valence-corrected chi connectivity index (χ2v) is 10.4. The highest BCUT2D eigenvalue weighted by Gasteiger charge is 2.34. The fourth-order valence-corrected chi connectivity index (χ4v) is 5.37. The van der Waals surface area contributed by atoms with Crippen molar-refractivity contribution in [3.8, 4) is 11.1 Å². The molecule has 0 saturated carbocycles. The number of aryl methyl sites for hydroxylation is 2. The van der Waals surface area contributed by atoms with E-state index in [1.54, 1.807) is 0 Å². The minimum absolute atomic E-state index is 0.226. The number of amides is 3. The zero-order valence-corrected chi connectivity index (χ0v) is 23.4. The van der Waals surface area contributed by atoms with Crippen LogP contribution in [0, 0.1) is 25.5 Å². The normalized spacial score (nSPS) is 16.6. The molecule has 3 rings (SSSR count). The summed E-state index contributed by atoms with van der Waals surface area (Å²) in [7, 11) is 0. The number of halogens is 2. The summed E-state index contributed by atoms with van der Waals surface area (Å²) < 4.78 is 30.0. The number of nitrogens with one attached hydrogen (secondary N) is 2. The van der Waals surface area contributed by atoms with Crippen molar-refractivity contribution in [2.75, 3.05) is 6.54 Å². The highest BCUT2D eigenvalue weighted by atomic mass is 19.2. The van der Waals surface area contributed by atoms with Crippen LogP contribution in [0.5, 0.6) is 0 Å². The van der Waals surface area contributed by atoms with Gasteiger partial charge in [0.2, 0.25) is 17.7 Å². The first-order chi connectivity index (χ1) is 18.9. The molecule has 3 N–H and O–H groups in total. The highest BCUT2D eigenvalue weighted by molar-refractivity contribution is 5.92. The molecule has 0 radical (unpaired) electrons. The molecule has 10 heteroatoms. The Balaban J connectivity index is 1.92. The Morgan fingerprint density at radius 1 is 1.07 bits per heavy atom. The SMILES string of the molecule is CCC[C@H](NC(=O)[C@H]1CCCCN1C(C)=O)C(=O)N[C@@H](CC(=O)O)c1cc(-c2c(C)cccc2C)cc(F)c1F. The number of carboxylic acid groups (broad SMARTS) is 1. The number of nitrogens with zero attached hydrogens (tertiary/aromatic N) is 1. The summed E-state index contributed by atoms with van der Waals surface area (Å²) in [6.45, 7) is 7.31. The second kappa shape index (κ2) is 13.5. The number of hydrogen-bond acceptors (Lipinski definition) is 4. The molecule has 0 aromatic heterocycles. The van der Waals surface area contributed by atoms with Crippen molar-refractivity contribution in [2.45, 2.75) is 84.3 Å². The Kier molecular flexibility index (Phi) is 10.4. The van der Waals surface area contributed by atoms with Crippen LogP contribution in [0.25, 0.3) is 11.1 Å². The van der Waals surface area contributed by atoms with Gasteiger partial charge in [0.05, 0.1) is 12.5 Å². The van der Waals surface area contributed by atoms with Crippen molar-refractivity contribution < 1.29 is 33.1 Å². The predicted octanol–water partition coefficient (Wildman–Crippen LogP) is 4.57. The summed E-state index contributed by atoms with van der Waals surface area (Å²) in [4.78, 5) is 51.7. The molecule has 2 aromatic rings. The Morgan fingerprint density at radius 2 is 1.75 bits per heavy atom. The van der Waals surface area contributed by atoms with E-state index in [9.17, 15) is 28.7 Å². The molecule has 1 saturated heterocycles. The van der Waals surface area contributed by atoms with Gasteiger partial charge in [-0.3, -0.25) is 19.2 Å². The molecule has 2 aromatic carbocycles. The Bertz CT molecular complexity index is 1260. The topological polar surface area (TPSA) is 116 Å². The van der Waals surface area contributed by atoms with Gasteiger partial charge >= 0.3 is 5.97 Å². The number of likely N-dealkylation sites (tertiary alicyclic amines) is 1. The van der Waals surface area contributed by atoms with Crippen LogP contribution in [-0.4, -0.2) is 52.3 Å². The van der Waals surface area contributed by atoms with Crippen LogP contribution in [0.2, 0.25) is 0 Å². The lowest BCUT2D eigenvalue weighted by Crippen LogP contribution is -2.56. The van der Waals surface area contributed by atoms with E-state index in [2.05, 4.69) is 10.6 Å². The predicted molar refractivity (Wildman–Crippen MR) is 146 cm³/mol. The fourth-order valence-electron chi connectivity index (χ4n) is 5.37. The van der Waals surface area contributed by atoms with E-state index >= 15 is 4.39 Å². The number of carboxylic acids is 1. The Labute approximate surface area is 233 Å². The Hall–Kier alpha value is -3.82. The standard InChI is InChI=1S/C30H37F2N3O5/c1-5-9-23(33-30(40)25-12-6-7-13-35(25)19(4)36)29(39)34-24(16-26(37)38)21-14-20(15-22(31)28(21)32)27-17(2)10-8-11-18(27)3/h8,10-11,14-15,23-25H,5-7,9,12-13,16H2,1-4H3,(H,33,40)(H,34,39)(H,37,38)/t23-,24-,25+/m0/s1. The van der Waals surface area contributed by atoms with Gasteiger partial charge in [-0.2, -0.15) is 0 Å². The van der Waals surface area contributed by atoms with Gasteiger partial charge < -0.3 is 20.6 Å². The molecule has 216 valence electrons. The number of piperidine rings is 1. The van der Waals surface area contributed by atoms with Crippen LogP contribution < -0.4 is 10.6 Å². The number of aliphatic carboxylic acids is 1. The molecule has 1 heterocycles. The van der Waals surface area contributed by atoms with E-state index in [1.807, 2.05) is 39.0 Å². The largest absolute Gasteiger partial charge is 0.481 e. The maximum absolute atomic E-state index is 15.1. The Morgan fingerprint density at radius 3 is 2.35 bits per heavy atom. The highest BCUT2D eigenvalue weighted by Crippen LogP contribution is 2.33. The van der Waals surface area contributed by atoms with Gasteiger partial charge in [0, 0.05) is 19.0 Å². The first-order valence-corrected chi connectivity index (χ1v) is 13.6. The van der Waals surface area contributed by atoms with Crippen LogP contribution >= 0.6 is 0 Å². The third kappa shape index (κ3) is 7.22. The summed E-state index contributed by atoms with van der Waals surface area (Å²) in [6.07, 6.45) is 2.03. The summed E-state index contributed by atoms with van der Waals surface area (Å²) in [6, 6.07) is 4.75. The maximum atomic E-state index is 15.1. The van der Waals surface area contributed by atoms with E-state index < -0.39 is 54.0 Å². The van der Waals surface area contributed by atoms with E-state index in [0.717, 1.165) is 30.0 Å². The van der Waals surface area contributed by atoms with Crippen molar-refractivity contribution in [2.24, 2.45) is 0 Å². The van der Waals surface area contributed by atoms with Gasteiger partial charge in [-0.1, -0.05) is 31.5 Å². The molecule has 0 aliphatic carbocycles. The minimum Gasteiger partial charge on any atom is -0.481 e. The van der Waals surface area contributed by atoms with Gasteiger partial charge in [0.25, 0.3) is 0 Å². The molecule has 0 spiro atoms. The van der Waals surface area contributed by atoms with Gasteiger partial charge in [-0.25, -0.2) is 8.78 Å². The summed E-state index contributed by atoms with van der Waals surface area (Å²) in [5.74, 6) is -5.18. The molecule has 1 aliphatic rings. The van der Waals surface area contributed by atoms with Gasteiger partial charge in [-0.05, 0) is 73.9 Å². The molecule has 0 bridgehead atoms.